The zero-order valence-corrected chi connectivity index (χ0v) is 22.0. The van der Waals surface area contributed by atoms with Crippen LogP contribution in [0.15, 0.2) is 73.3 Å². The van der Waals surface area contributed by atoms with Gasteiger partial charge in [0.05, 0.1) is 0 Å². The fourth-order valence-electron chi connectivity index (χ4n) is 2.75. The van der Waals surface area contributed by atoms with Gasteiger partial charge in [-0.15, -0.1) is 0 Å². The Bertz CT molecular complexity index is 837. The van der Waals surface area contributed by atoms with E-state index in [1.54, 1.807) is 0 Å². The molecule has 5 heteroatoms. The molecule has 0 saturated heterocycles. The Hall–Kier alpha value is -2.91. The van der Waals surface area contributed by atoms with E-state index in [4.69, 9.17) is 0 Å². The van der Waals surface area contributed by atoms with Crippen molar-refractivity contribution in [1.29, 1.82) is 0 Å². The molecule has 4 heterocycles. The third-order valence-electron chi connectivity index (χ3n) is 4.21. The fraction of sp³-hybridized carbons (Fsp3) is 0.286. The Morgan fingerprint density at radius 1 is 0.364 bits per heavy atom. The van der Waals surface area contributed by atoms with Crippen molar-refractivity contribution in [2.24, 2.45) is 0 Å². The van der Waals surface area contributed by atoms with Gasteiger partial charge in [-0.25, -0.2) is 0 Å². The van der Waals surface area contributed by atoms with Gasteiger partial charge in [0, 0.05) is 47.6 Å². The Morgan fingerprint density at radius 2 is 0.545 bits per heavy atom. The third-order valence-corrected chi connectivity index (χ3v) is 4.21. The SMILES string of the molecule is Cc1ccnc(C)c1.Cc1ccnc(C)c1.Cc1ccnc(C)c1.Cc1ccnc(C)c1.[Ni+2]. The molecule has 4 aromatic heterocycles. The van der Waals surface area contributed by atoms with Gasteiger partial charge >= 0.3 is 16.5 Å². The first-order valence-corrected chi connectivity index (χ1v) is 10.7. The Labute approximate surface area is 209 Å². The summed E-state index contributed by atoms with van der Waals surface area (Å²) in [4.78, 5) is 16.2. The molecule has 0 amide bonds. The first-order chi connectivity index (χ1) is 15.2. The van der Waals surface area contributed by atoms with Gasteiger partial charge in [-0.1, -0.05) is 0 Å². The van der Waals surface area contributed by atoms with Crippen molar-refractivity contribution in [1.82, 2.24) is 19.9 Å². The largest absolute Gasteiger partial charge is 2.00 e. The first-order valence-electron chi connectivity index (χ1n) is 10.7. The molecule has 0 fully saturated rings. The summed E-state index contributed by atoms with van der Waals surface area (Å²) in [6, 6.07) is 16.2. The average Bonchev–Trinajstić information content (AvgIpc) is 2.69. The van der Waals surface area contributed by atoms with Crippen LogP contribution in [-0.4, -0.2) is 19.9 Å². The van der Waals surface area contributed by atoms with E-state index in [-0.39, 0.29) is 16.5 Å². The van der Waals surface area contributed by atoms with E-state index in [2.05, 4.69) is 71.9 Å². The molecule has 0 radical (unpaired) electrons. The van der Waals surface area contributed by atoms with E-state index in [0.29, 0.717) is 0 Å². The van der Waals surface area contributed by atoms with Gasteiger partial charge in [0.1, 0.15) is 0 Å². The summed E-state index contributed by atoms with van der Waals surface area (Å²) >= 11 is 0. The van der Waals surface area contributed by atoms with Gasteiger partial charge in [0.15, 0.2) is 0 Å². The molecule has 4 aromatic rings. The van der Waals surface area contributed by atoms with Gasteiger partial charge in [-0.2, -0.15) is 0 Å². The second kappa shape index (κ2) is 16.7. The van der Waals surface area contributed by atoms with Gasteiger partial charge in [0.2, 0.25) is 0 Å². The van der Waals surface area contributed by atoms with E-state index in [1.165, 1.54) is 22.3 Å². The van der Waals surface area contributed by atoms with Crippen LogP contribution >= 0.6 is 0 Å². The van der Waals surface area contributed by atoms with Crippen molar-refractivity contribution in [3.05, 3.63) is 118 Å². The number of hydrogen-bond acceptors (Lipinski definition) is 4. The van der Waals surface area contributed by atoms with E-state index in [9.17, 15) is 0 Å². The molecule has 0 atom stereocenters. The van der Waals surface area contributed by atoms with Crippen LogP contribution in [-0.2, 0) is 16.5 Å². The molecule has 0 spiro atoms. The molecule has 0 aliphatic heterocycles. The van der Waals surface area contributed by atoms with Crippen LogP contribution in [0, 0.1) is 55.4 Å². The fourth-order valence-corrected chi connectivity index (χ4v) is 2.75. The maximum absolute atomic E-state index is 4.04. The zero-order chi connectivity index (χ0) is 23.9. The predicted octanol–water partition coefficient (Wildman–Crippen LogP) is 6.79. The van der Waals surface area contributed by atoms with Crippen molar-refractivity contribution in [3.63, 3.8) is 0 Å². The summed E-state index contributed by atoms with van der Waals surface area (Å²) in [6.07, 6.45) is 7.30. The second-order valence-corrected chi connectivity index (χ2v) is 7.90. The minimum Gasteiger partial charge on any atom is -0.262 e. The predicted molar refractivity (Wildman–Crippen MR) is 135 cm³/mol. The number of aromatic nitrogens is 4. The van der Waals surface area contributed by atoms with Crippen molar-refractivity contribution in [2.45, 2.75) is 55.4 Å². The van der Waals surface area contributed by atoms with Gasteiger partial charge in [-0.3, -0.25) is 19.9 Å². The van der Waals surface area contributed by atoms with Crippen LogP contribution in [0.5, 0.6) is 0 Å². The topological polar surface area (TPSA) is 51.6 Å². The van der Waals surface area contributed by atoms with Crippen molar-refractivity contribution < 1.29 is 16.5 Å². The Morgan fingerprint density at radius 3 is 0.636 bits per heavy atom. The summed E-state index contributed by atoms with van der Waals surface area (Å²) < 4.78 is 0. The van der Waals surface area contributed by atoms with Crippen LogP contribution in [0.3, 0.4) is 0 Å². The molecular formula is C28H36N4Ni+2. The molecule has 0 bridgehead atoms. The molecule has 0 aliphatic carbocycles. The maximum Gasteiger partial charge on any atom is 2.00 e. The summed E-state index contributed by atoms with van der Waals surface area (Å²) in [6.45, 7) is 16.2. The zero-order valence-electron chi connectivity index (χ0n) is 21.0. The van der Waals surface area contributed by atoms with Crippen LogP contribution in [0.2, 0.25) is 0 Å². The standard InChI is InChI=1S/4C7H9N.Ni/c4*1-6-3-4-8-7(2)5-6;/h4*3-5H,1-2H3;/q;;;;+2. The minimum atomic E-state index is 0. The van der Waals surface area contributed by atoms with Gasteiger partial charge in [-0.05, 0) is 126 Å². The average molecular weight is 487 g/mol. The number of hydrogen-bond donors (Lipinski definition) is 0. The molecule has 176 valence electrons. The minimum absolute atomic E-state index is 0. The van der Waals surface area contributed by atoms with Crippen LogP contribution in [0.1, 0.15) is 45.0 Å². The molecule has 33 heavy (non-hydrogen) atoms. The molecule has 0 saturated carbocycles. The van der Waals surface area contributed by atoms with E-state index >= 15 is 0 Å². The van der Waals surface area contributed by atoms with Gasteiger partial charge < -0.3 is 0 Å². The van der Waals surface area contributed by atoms with Crippen LogP contribution < -0.4 is 0 Å². The second-order valence-electron chi connectivity index (χ2n) is 7.90. The smallest absolute Gasteiger partial charge is 0.262 e. The van der Waals surface area contributed by atoms with E-state index < -0.39 is 0 Å². The van der Waals surface area contributed by atoms with Crippen LogP contribution in [0.25, 0.3) is 0 Å². The molecule has 0 unspecified atom stereocenters. The molecule has 0 aliphatic rings. The number of aryl methyl sites for hydroxylation is 8. The summed E-state index contributed by atoms with van der Waals surface area (Å²) in [5.74, 6) is 0. The maximum atomic E-state index is 4.04. The van der Waals surface area contributed by atoms with Crippen LogP contribution in [0.4, 0.5) is 0 Å². The Balaban J connectivity index is 0.000000410. The molecular weight excluding hydrogens is 451 g/mol. The number of nitrogens with zero attached hydrogens (tertiary/aromatic N) is 4. The monoisotopic (exact) mass is 486 g/mol. The Kier molecular flexibility index (Phi) is 15.2. The molecule has 4 rings (SSSR count). The summed E-state index contributed by atoms with van der Waals surface area (Å²) in [5.41, 5.74) is 9.45. The van der Waals surface area contributed by atoms with Gasteiger partial charge in [0.25, 0.3) is 0 Å². The quantitative estimate of drug-likeness (QED) is 0.256. The van der Waals surface area contributed by atoms with E-state index in [1.807, 2.05) is 76.7 Å². The van der Waals surface area contributed by atoms with Crippen molar-refractivity contribution in [3.8, 4) is 0 Å². The third kappa shape index (κ3) is 15.5. The molecule has 0 N–H and O–H groups in total. The molecule has 4 nitrogen and oxygen atoms in total. The normalized spacial score (nSPS) is 8.97. The molecule has 0 aromatic carbocycles. The van der Waals surface area contributed by atoms with Crippen molar-refractivity contribution in [2.75, 3.05) is 0 Å². The number of pyridine rings is 4. The van der Waals surface area contributed by atoms with Crippen molar-refractivity contribution >= 4 is 0 Å². The summed E-state index contributed by atoms with van der Waals surface area (Å²) in [7, 11) is 0. The first kappa shape index (κ1) is 30.1. The summed E-state index contributed by atoms with van der Waals surface area (Å²) in [5, 5.41) is 0. The van der Waals surface area contributed by atoms with E-state index in [0.717, 1.165) is 22.8 Å². The number of rotatable bonds is 0.